The molecule has 0 aliphatic heterocycles. The van der Waals surface area contributed by atoms with E-state index in [4.69, 9.17) is 0 Å². The molecule has 76 valence electrons. The van der Waals surface area contributed by atoms with E-state index in [0.29, 0.717) is 14.5 Å². The molecular weight excluding hydrogens is 322 g/mol. The van der Waals surface area contributed by atoms with Crippen LogP contribution in [0.25, 0.3) is 0 Å². The zero-order valence-corrected chi connectivity index (χ0v) is 12.8. The van der Waals surface area contributed by atoms with Gasteiger partial charge in [-0.05, 0) is 0 Å². The predicted octanol–water partition coefficient (Wildman–Crippen LogP) is 3.45. The molecule has 0 fully saturated rings. The van der Waals surface area contributed by atoms with Crippen LogP contribution in [0.1, 0.15) is 20.8 Å². The first-order chi connectivity index (χ1) is 6.50. The molecule has 0 aliphatic carbocycles. The molecule has 0 aliphatic rings. The topological polar surface area (TPSA) is 0 Å². The van der Waals surface area contributed by atoms with E-state index in [-0.39, 0.29) is 5.41 Å². The first-order valence-electron chi connectivity index (χ1n) is 4.46. The van der Waals surface area contributed by atoms with Crippen molar-refractivity contribution in [2.75, 3.05) is 0 Å². The molecule has 0 nitrogen and oxygen atoms in total. The summed E-state index contributed by atoms with van der Waals surface area (Å²) in [6.07, 6.45) is 0. The average Bonchev–Trinajstić information content (AvgIpc) is 2.14. The normalized spacial score (nSPS) is 13.0. The van der Waals surface area contributed by atoms with Crippen molar-refractivity contribution in [3.05, 3.63) is 30.3 Å². The van der Waals surface area contributed by atoms with Gasteiger partial charge >= 0.3 is 103 Å². The fourth-order valence-corrected chi connectivity index (χ4v) is 6.41. The first kappa shape index (κ1) is 12.5. The van der Waals surface area contributed by atoms with Gasteiger partial charge in [0.05, 0.1) is 0 Å². The third-order valence-electron chi connectivity index (χ3n) is 1.59. The molecule has 1 rings (SSSR count). The van der Waals surface area contributed by atoms with Crippen molar-refractivity contribution >= 4 is 46.0 Å². The van der Waals surface area contributed by atoms with Crippen LogP contribution in [0.4, 0.5) is 0 Å². The van der Waals surface area contributed by atoms with Crippen LogP contribution in [0, 0.1) is 5.41 Å². The van der Waals surface area contributed by atoms with Crippen LogP contribution >= 0.6 is 22.8 Å². The Morgan fingerprint density at radius 3 is 2.29 bits per heavy atom. The van der Waals surface area contributed by atoms with Crippen molar-refractivity contribution in [1.82, 2.24) is 0 Å². The maximum absolute atomic E-state index is 3.68. The fourth-order valence-electron chi connectivity index (χ4n) is 0.711. The molecule has 0 spiro atoms. The third kappa shape index (κ3) is 4.27. The standard InChI is InChI=1S/C11H14BrPSe/c1-11(2,3)10(12)13-14-9-7-5-4-6-8-9/h4-8H,1-3H3. The summed E-state index contributed by atoms with van der Waals surface area (Å²) in [5.41, 5.74) is 0.276. The molecule has 0 N–H and O–H groups in total. The Labute approximate surface area is 102 Å². The second kappa shape index (κ2) is 5.47. The number of rotatable bonds is 2. The molecule has 14 heavy (non-hydrogen) atoms. The zero-order chi connectivity index (χ0) is 10.6. The van der Waals surface area contributed by atoms with Gasteiger partial charge in [0.2, 0.25) is 0 Å². The van der Waals surface area contributed by atoms with E-state index in [2.05, 4.69) is 67.0 Å². The summed E-state index contributed by atoms with van der Waals surface area (Å²) >= 11 is 4.21. The van der Waals surface area contributed by atoms with Gasteiger partial charge in [0.15, 0.2) is 0 Å². The van der Waals surface area contributed by atoms with Crippen molar-refractivity contribution in [3.8, 4) is 0 Å². The van der Waals surface area contributed by atoms with Crippen LogP contribution in [0.5, 0.6) is 0 Å². The molecule has 0 bridgehead atoms. The second-order valence-electron chi connectivity index (χ2n) is 4.04. The molecule has 3 heteroatoms. The SMILES string of the molecule is CC(C)(C)C(Br)=P[Se]c1ccccc1. The van der Waals surface area contributed by atoms with Crippen LogP contribution < -0.4 is 4.46 Å². The van der Waals surface area contributed by atoms with Gasteiger partial charge < -0.3 is 0 Å². The number of halogens is 1. The van der Waals surface area contributed by atoms with E-state index in [1.54, 1.807) is 0 Å². The number of hydrogen-bond acceptors (Lipinski definition) is 0. The molecule has 0 saturated carbocycles. The quantitative estimate of drug-likeness (QED) is 0.573. The zero-order valence-electron chi connectivity index (χ0n) is 8.62. The van der Waals surface area contributed by atoms with Gasteiger partial charge in [-0.15, -0.1) is 0 Å². The van der Waals surface area contributed by atoms with Gasteiger partial charge in [-0.2, -0.15) is 0 Å². The Kier molecular flexibility index (Phi) is 4.87. The molecule has 0 heterocycles. The summed E-state index contributed by atoms with van der Waals surface area (Å²) < 4.78 is 2.86. The minimum atomic E-state index is 0.276. The van der Waals surface area contributed by atoms with Crippen LogP contribution in [0.15, 0.2) is 30.3 Å². The molecule has 0 aromatic heterocycles. The maximum atomic E-state index is 3.68. The molecule has 1 aromatic rings. The van der Waals surface area contributed by atoms with Crippen LogP contribution in [0.3, 0.4) is 0 Å². The van der Waals surface area contributed by atoms with E-state index in [1.165, 1.54) is 15.6 Å². The number of hydrogen-bond donors (Lipinski definition) is 0. The summed E-state index contributed by atoms with van der Waals surface area (Å²) in [6, 6.07) is 10.7. The Morgan fingerprint density at radius 1 is 1.21 bits per heavy atom. The molecule has 0 radical (unpaired) electrons. The summed E-state index contributed by atoms with van der Waals surface area (Å²) in [5, 5.41) is 0. The Bertz CT molecular complexity index is 314. The summed E-state index contributed by atoms with van der Waals surface area (Å²) in [6.45, 7) is 8.16. The van der Waals surface area contributed by atoms with Gasteiger partial charge in [0.1, 0.15) is 0 Å². The molecular formula is C11H14BrPSe. The van der Waals surface area contributed by atoms with Gasteiger partial charge in [0.25, 0.3) is 0 Å². The summed E-state index contributed by atoms with van der Waals surface area (Å²) in [5.74, 6) is 0. The average molecular weight is 336 g/mol. The van der Waals surface area contributed by atoms with Crippen molar-refractivity contribution < 1.29 is 0 Å². The molecule has 0 amide bonds. The third-order valence-corrected chi connectivity index (χ3v) is 9.65. The first-order valence-corrected chi connectivity index (χ1v) is 9.22. The van der Waals surface area contributed by atoms with Crippen molar-refractivity contribution in [2.45, 2.75) is 20.8 Å². The van der Waals surface area contributed by atoms with Crippen LogP contribution in [-0.2, 0) is 0 Å². The van der Waals surface area contributed by atoms with Gasteiger partial charge in [-0.25, -0.2) is 0 Å². The Balaban J connectivity index is 2.65. The van der Waals surface area contributed by atoms with Gasteiger partial charge in [0, 0.05) is 0 Å². The van der Waals surface area contributed by atoms with E-state index in [9.17, 15) is 0 Å². The van der Waals surface area contributed by atoms with Crippen molar-refractivity contribution in [1.29, 1.82) is 0 Å². The van der Waals surface area contributed by atoms with Crippen molar-refractivity contribution in [3.63, 3.8) is 0 Å². The number of benzene rings is 1. The Hall–Kier alpha value is 0.389. The van der Waals surface area contributed by atoms with E-state index in [0.717, 1.165) is 0 Å². The predicted molar refractivity (Wildman–Crippen MR) is 72.1 cm³/mol. The van der Waals surface area contributed by atoms with Crippen molar-refractivity contribution in [2.24, 2.45) is 5.41 Å². The molecule has 1 aromatic carbocycles. The van der Waals surface area contributed by atoms with Crippen LogP contribution in [0.2, 0.25) is 0 Å². The molecule has 0 saturated heterocycles. The Morgan fingerprint density at radius 2 is 1.79 bits per heavy atom. The van der Waals surface area contributed by atoms with E-state index < -0.39 is 0 Å². The van der Waals surface area contributed by atoms with Crippen LogP contribution in [-0.4, -0.2) is 18.7 Å². The monoisotopic (exact) mass is 336 g/mol. The fraction of sp³-hybridized carbons (Fsp3) is 0.364. The molecule has 0 atom stereocenters. The van der Waals surface area contributed by atoms with E-state index in [1.807, 2.05) is 0 Å². The molecule has 0 unspecified atom stereocenters. The minimum absolute atomic E-state index is 0.276. The second-order valence-corrected chi connectivity index (χ2v) is 9.54. The van der Waals surface area contributed by atoms with Gasteiger partial charge in [-0.3, -0.25) is 0 Å². The van der Waals surface area contributed by atoms with E-state index >= 15 is 0 Å². The summed E-state index contributed by atoms with van der Waals surface area (Å²) in [7, 11) is 0. The van der Waals surface area contributed by atoms with Gasteiger partial charge in [-0.1, -0.05) is 0 Å². The summed E-state index contributed by atoms with van der Waals surface area (Å²) in [4.78, 5) is 0.